The van der Waals surface area contributed by atoms with Crippen LogP contribution in [0.25, 0.3) is 0 Å². The van der Waals surface area contributed by atoms with Gasteiger partial charge in [0.25, 0.3) is 0 Å². The molecule has 0 fully saturated rings. The Morgan fingerprint density at radius 2 is 2.32 bits per heavy atom. The highest BCUT2D eigenvalue weighted by Gasteiger charge is 2.05. The van der Waals surface area contributed by atoms with Crippen molar-refractivity contribution in [3.05, 3.63) is 39.8 Å². The van der Waals surface area contributed by atoms with Gasteiger partial charge in [-0.1, -0.05) is 6.92 Å². The Balaban J connectivity index is 2.08. The minimum Gasteiger partial charge on any atom is -0.495 e. The molecule has 1 aromatic heterocycles. The molecule has 1 aromatic carbocycles. The standard InChI is InChI=1S/C14H15N3OS/c1-3-14-17-11(9-19-14)8-16-12-5-4-10(7-15)6-13(12)18-2/h4-6,9,16H,3,8H2,1-2H3. The summed E-state index contributed by atoms with van der Waals surface area (Å²) in [4.78, 5) is 4.50. The number of aryl methyl sites for hydroxylation is 1. The maximum atomic E-state index is 8.85. The lowest BCUT2D eigenvalue weighted by Gasteiger charge is -2.10. The van der Waals surface area contributed by atoms with E-state index in [1.807, 2.05) is 6.07 Å². The zero-order chi connectivity index (χ0) is 13.7. The number of nitrogens with one attached hydrogen (secondary N) is 1. The lowest BCUT2D eigenvalue weighted by atomic mass is 10.2. The van der Waals surface area contributed by atoms with Crippen molar-refractivity contribution in [3.63, 3.8) is 0 Å². The molecule has 0 amide bonds. The topological polar surface area (TPSA) is 57.9 Å². The SMILES string of the molecule is CCc1nc(CNc2ccc(C#N)cc2OC)cs1. The lowest BCUT2D eigenvalue weighted by Crippen LogP contribution is -2.02. The van der Waals surface area contributed by atoms with Gasteiger partial charge in [-0.3, -0.25) is 0 Å². The molecule has 2 aromatic rings. The molecule has 4 nitrogen and oxygen atoms in total. The van der Waals surface area contributed by atoms with Gasteiger partial charge < -0.3 is 10.1 Å². The van der Waals surface area contributed by atoms with E-state index in [0.29, 0.717) is 17.9 Å². The number of rotatable bonds is 5. The molecule has 0 saturated carbocycles. The van der Waals surface area contributed by atoms with E-state index < -0.39 is 0 Å². The normalized spacial score (nSPS) is 9.95. The minimum atomic E-state index is 0.587. The summed E-state index contributed by atoms with van der Waals surface area (Å²) in [6.45, 7) is 2.75. The van der Waals surface area contributed by atoms with Gasteiger partial charge in [-0.2, -0.15) is 5.26 Å². The van der Waals surface area contributed by atoms with E-state index in [0.717, 1.165) is 22.8 Å². The Morgan fingerprint density at radius 3 is 2.95 bits per heavy atom. The molecule has 0 aliphatic heterocycles. The van der Waals surface area contributed by atoms with Crippen LogP contribution < -0.4 is 10.1 Å². The molecule has 0 aliphatic carbocycles. The van der Waals surface area contributed by atoms with Crippen LogP contribution in [0.5, 0.6) is 5.75 Å². The lowest BCUT2D eigenvalue weighted by molar-refractivity contribution is 0.416. The quantitative estimate of drug-likeness (QED) is 0.909. The number of hydrogen-bond donors (Lipinski definition) is 1. The Bertz CT molecular complexity index is 601. The maximum absolute atomic E-state index is 8.85. The van der Waals surface area contributed by atoms with Gasteiger partial charge in [0, 0.05) is 11.4 Å². The highest BCUT2D eigenvalue weighted by molar-refractivity contribution is 7.09. The number of aromatic nitrogens is 1. The molecular formula is C14H15N3OS. The molecule has 19 heavy (non-hydrogen) atoms. The van der Waals surface area contributed by atoms with Crippen LogP contribution in [0.1, 0.15) is 23.2 Å². The molecule has 5 heteroatoms. The van der Waals surface area contributed by atoms with Crippen LogP contribution in [0, 0.1) is 11.3 Å². The maximum Gasteiger partial charge on any atom is 0.143 e. The van der Waals surface area contributed by atoms with Crippen molar-refractivity contribution < 1.29 is 4.74 Å². The van der Waals surface area contributed by atoms with E-state index in [-0.39, 0.29) is 0 Å². The van der Waals surface area contributed by atoms with Gasteiger partial charge in [0.1, 0.15) is 5.75 Å². The van der Waals surface area contributed by atoms with Gasteiger partial charge in [0.15, 0.2) is 0 Å². The number of methoxy groups -OCH3 is 1. The Hall–Kier alpha value is -2.06. The average molecular weight is 273 g/mol. The van der Waals surface area contributed by atoms with Crippen molar-refractivity contribution in [1.82, 2.24) is 4.98 Å². The van der Waals surface area contributed by atoms with E-state index in [9.17, 15) is 0 Å². The van der Waals surface area contributed by atoms with Crippen molar-refractivity contribution >= 4 is 17.0 Å². The third-order valence-corrected chi connectivity index (χ3v) is 3.73. The van der Waals surface area contributed by atoms with Gasteiger partial charge in [-0.15, -0.1) is 11.3 Å². The number of hydrogen-bond acceptors (Lipinski definition) is 5. The largest absolute Gasteiger partial charge is 0.495 e. The first kappa shape index (κ1) is 13.4. The highest BCUT2D eigenvalue weighted by atomic mass is 32.1. The van der Waals surface area contributed by atoms with Crippen LogP contribution in [0.2, 0.25) is 0 Å². The number of benzene rings is 1. The van der Waals surface area contributed by atoms with E-state index in [1.165, 1.54) is 0 Å². The number of nitriles is 1. The molecule has 0 bridgehead atoms. The minimum absolute atomic E-state index is 0.587. The van der Waals surface area contributed by atoms with Crippen LogP contribution in [-0.2, 0) is 13.0 Å². The van der Waals surface area contributed by atoms with Crippen molar-refractivity contribution in [2.75, 3.05) is 12.4 Å². The van der Waals surface area contributed by atoms with Gasteiger partial charge >= 0.3 is 0 Å². The number of nitrogens with zero attached hydrogens (tertiary/aromatic N) is 2. The summed E-state index contributed by atoms with van der Waals surface area (Å²) < 4.78 is 5.27. The third kappa shape index (κ3) is 3.24. The van der Waals surface area contributed by atoms with E-state index in [4.69, 9.17) is 10.00 Å². The van der Waals surface area contributed by atoms with Gasteiger partial charge in [-0.25, -0.2) is 4.98 Å². The Labute approximate surface area is 116 Å². The fourth-order valence-corrected chi connectivity index (χ4v) is 2.43. The predicted molar refractivity (Wildman–Crippen MR) is 76.5 cm³/mol. The van der Waals surface area contributed by atoms with E-state index >= 15 is 0 Å². The van der Waals surface area contributed by atoms with Crippen LogP contribution in [0.3, 0.4) is 0 Å². The summed E-state index contributed by atoms with van der Waals surface area (Å²) in [6.07, 6.45) is 0.963. The number of thiazole rings is 1. The molecule has 98 valence electrons. The van der Waals surface area contributed by atoms with Crippen molar-refractivity contribution in [3.8, 4) is 11.8 Å². The van der Waals surface area contributed by atoms with Crippen LogP contribution >= 0.6 is 11.3 Å². The summed E-state index contributed by atoms with van der Waals surface area (Å²) in [5, 5.41) is 15.3. The molecule has 0 saturated heterocycles. The smallest absolute Gasteiger partial charge is 0.143 e. The second-order valence-corrected chi connectivity index (χ2v) is 4.91. The average Bonchev–Trinajstić information content (AvgIpc) is 2.92. The van der Waals surface area contributed by atoms with E-state index in [1.54, 1.807) is 30.6 Å². The first-order chi connectivity index (χ1) is 9.26. The molecule has 0 atom stereocenters. The van der Waals surface area contributed by atoms with Gasteiger partial charge in [0.05, 0.1) is 41.7 Å². The number of ether oxygens (including phenoxy) is 1. The second kappa shape index (κ2) is 6.21. The second-order valence-electron chi connectivity index (χ2n) is 3.97. The molecule has 0 spiro atoms. The van der Waals surface area contributed by atoms with Gasteiger partial charge in [0.2, 0.25) is 0 Å². The zero-order valence-corrected chi connectivity index (χ0v) is 11.8. The number of anilines is 1. The molecule has 0 aliphatic rings. The van der Waals surface area contributed by atoms with E-state index in [2.05, 4.69) is 28.7 Å². The fraction of sp³-hybridized carbons (Fsp3) is 0.286. The first-order valence-corrected chi connectivity index (χ1v) is 6.90. The third-order valence-electron chi connectivity index (χ3n) is 2.69. The van der Waals surface area contributed by atoms with Crippen LogP contribution in [0.4, 0.5) is 5.69 Å². The van der Waals surface area contributed by atoms with Crippen LogP contribution in [-0.4, -0.2) is 12.1 Å². The molecule has 0 unspecified atom stereocenters. The Morgan fingerprint density at radius 1 is 1.47 bits per heavy atom. The summed E-state index contributed by atoms with van der Waals surface area (Å²) in [5.74, 6) is 0.671. The van der Waals surface area contributed by atoms with Crippen molar-refractivity contribution in [1.29, 1.82) is 5.26 Å². The molecular weight excluding hydrogens is 258 g/mol. The van der Waals surface area contributed by atoms with Crippen LogP contribution in [0.15, 0.2) is 23.6 Å². The highest BCUT2D eigenvalue weighted by Crippen LogP contribution is 2.26. The predicted octanol–water partition coefficient (Wildman–Crippen LogP) is 3.20. The van der Waals surface area contributed by atoms with Gasteiger partial charge in [-0.05, 0) is 18.6 Å². The molecule has 2 rings (SSSR count). The summed E-state index contributed by atoms with van der Waals surface area (Å²) >= 11 is 1.68. The molecule has 0 radical (unpaired) electrons. The summed E-state index contributed by atoms with van der Waals surface area (Å²) in [5.41, 5.74) is 2.48. The summed E-state index contributed by atoms with van der Waals surface area (Å²) in [6, 6.07) is 7.44. The monoisotopic (exact) mass is 273 g/mol. The molecule has 1 N–H and O–H groups in total. The summed E-state index contributed by atoms with van der Waals surface area (Å²) in [7, 11) is 1.60. The Kier molecular flexibility index (Phi) is 4.37. The van der Waals surface area contributed by atoms with Crippen molar-refractivity contribution in [2.45, 2.75) is 19.9 Å². The molecule has 1 heterocycles. The first-order valence-electron chi connectivity index (χ1n) is 6.02. The van der Waals surface area contributed by atoms with Crippen molar-refractivity contribution in [2.24, 2.45) is 0 Å². The fourth-order valence-electron chi connectivity index (χ4n) is 1.69. The zero-order valence-electron chi connectivity index (χ0n) is 10.9.